The number of nitrogens with zero attached hydrogens (tertiary/aromatic N) is 3. The average molecular weight is 362 g/mol. The predicted molar refractivity (Wildman–Crippen MR) is 94.1 cm³/mol. The van der Waals surface area contributed by atoms with Gasteiger partial charge in [0.2, 0.25) is 0 Å². The first kappa shape index (κ1) is 16.8. The molecule has 2 N–H and O–H groups in total. The Kier molecular flexibility index (Phi) is 5.39. The third-order valence-electron chi connectivity index (χ3n) is 3.66. The topological polar surface area (TPSA) is 80.0 Å². The van der Waals surface area contributed by atoms with Crippen LogP contribution in [0.5, 0.6) is 0 Å². The van der Waals surface area contributed by atoms with E-state index in [1.807, 2.05) is 41.3 Å². The largest absolute Gasteiger partial charge is 0.386 e. The molecule has 0 bridgehead atoms. The number of aromatic nitrogens is 3. The molecule has 3 rings (SSSR count). The quantitative estimate of drug-likeness (QED) is 0.677. The van der Waals surface area contributed by atoms with Crippen LogP contribution in [0.15, 0.2) is 40.5 Å². The van der Waals surface area contributed by atoms with Crippen molar-refractivity contribution in [2.45, 2.75) is 32.0 Å². The Morgan fingerprint density at radius 2 is 2.29 bits per heavy atom. The molecule has 6 nitrogen and oxygen atoms in total. The first-order valence-corrected chi connectivity index (χ1v) is 9.44. The molecule has 126 valence electrons. The van der Waals surface area contributed by atoms with Crippen molar-refractivity contribution in [3.05, 3.63) is 56.7 Å². The van der Waals surface area contributed by atoms with Gasteiger partial charge in [-0.15, -0.1) is 16.4 Å². The Balaban J connectivity index is 1.63. The minimum Gasteiger partial charge on any atom is -0.386 e. The summed E-state index contributed by atoms with van der Waals surface area (Å²) < 4.78 is 1.49. The Morgan fingerprint density at radius 1 is 1.42 bits per heavy atom. The van der Waals surface area contributed by atoms with Crippen molar-refractivity contribution in [3.8, 4) is 0 Å². The minimum absolute atomic E-state index is 0.0287. The van der Waals surface area contributed by atoms with Gasteiger partial charge in [-0.1, -0.05) is 18.2 Å². The molecule has 0 aliphatic carbocycles. The van der Waals surface area contributed by atoms with Crippen LogP contribution >= 0.6 is 22.7 Å². The molecular weight excluding hydrogens is 344 g/mol. The Hall–Kier alpha value is -2.03. The predicted octanol–water partition coefficient (Wildman–Crippen LogP) is 3.02. The first-order chi connectivity index (χ1) is 11.7. The van der Waals surface area contributed by atoms with E-state index in [0.29, 0.717) is 0 Å². The number of thiophene rings is 2. The van der Waals surface area contributed by atoms with E-state index < -0.39 is 6.10 Å². The van der Waals surface area contributed by atoms with E-state index in [1.165, 1.54) is 16.0 Å². The summed E-state index contributed by atoms with van der Waals surface area (Å²) in [6.07, 6.45) is 1.70. The van der Waals surface area contributed by atoms with Crippen molar-refractivity contribution < 1.29 is 9.90 Å². The molecule has 0 saturated carbocycles. The van der Waals surface area contributed by atoms with Crippen LogP contribution in [-0.4, -0.2) is 26.0 Å². The second kappa shape index (κ2) is 7.69. The van der Waals surface area contributed by atoms with E-state index >= 15 is 0 Å². The number of carbonyl (C=O) groups excluding carboxylic acids is 1. The van der Waals surface area contributed by atoms with E-state index in [9.17, 15) is 9.90 Å². The SMILES string of the molecule is CCC(NC(=O)c1cn(CC(O)c2ccsc2)nn1)c1cccs1. The molecular formula is C16H18N4O2S2. The van der Waals surface area contributed by atoms with E-state index in [1.54, 1.807) is 17.5 Å². The molecule has 1 amide bonds. The van der Waals surface area contributed by atoms with Gasteiger partial charge < -0.3 is 10.4 Å². The normalized spacial score (nSPS) is 13.6. The molecule has 0 radical (unpaired) electrons. The number of carbonyl (C=O) groups is 1. The van der Waals surface area contributed by atoms with Crippen LogP contribution in [0.4, 0.5) is 0 Å². The number of hydrogen-bond donors (Lipinski definition) is 2. The molecule has 0 aliphatic heterocycles. The number of amides is 1. The molecule has 3 aromatic heterocycles. The van der Waals surface area contributed by atoms with Crippen molar-refractivity contribution in [1.29, 1.82) is 0 Å². The molecule has 0 aliphatic rings. The van der Waals surface area contributed by atoms with E-state index in [4.69, 9.17) is 0 Å². The van der Waals surface area contributed by atoms with Crippen LogP contribution in [0.3, 0.4) is 0 Å². The van der Waals surface area contributed by atoms with E-state index in [-0.39, 0.29) is 24.2 Å². The standard InChI is InChI=1S/C16H18N4O2S2/c1-2-12(15-4-3-6-24-15)17-16(22)13-8-20(19-18-13)9-14(21)11-5-7-23-10-11/h3-8,10,12,14,21H,2,9H2,1H3,(H,17,22). The highest BCUT2D eigenvalue weighted by Gasteiger charge is 2.18. The number of hydrogen-bond acceptors (Lipinski definition) is 6. The Bertz CT molecular complexity index is 768. The summed E-state index contributed by atoms with van der Waals surface area (Å²) in [4.78, 5) is 13.5. The van der Waals surface area contributed by atoms with Gasteiger partial charge >= 0.3 is 0 Å². The zero-order chi connectivity index (χ0) is 16.9. The van der Waals surface area contributed by atoms with Gasteiger partial charge in [-0.2, -0.15) is 11.3 Å². The maximum Gasteiger partial charge on any atom is 0.273 e. The van der Waals surface area contributed by atoms with Gasteiger partial charge in [-0.3, -0.25) is 4.79 Å². The zero-order valence-corrected chi connectivity index (χ0v) is 14.8. The monoisotopic (exact) mass is 362 g/mol. The van der Waals surface area contributed by atoms with Gasteiger partial charge in [0.15, 0.2) is 5.69 Å². The second-order valence-corrected chi connectivity index (χ2v) is 7.11. The van der Waals surface area contributed by atoms with Gasteiger partial charge in [0.1, 0.15) is 0 Å². The second-order valence-electron chi connectivity index (χ2n) is 5.35. The third-order valence-corrected chi connectivity index (χ3v) is 5.35. The molecule has 0 saturated heterocycles. The summed E-state index contributed by atoms with van der Waals surface area (Å²) >= 11 is 3.14. The van der Waals surface area contributed by atoms with Crippen LogP contribution < -0.4 is 5.32 Å². The number of nitrogens with one attached hydrogen (secondary N) is 1. The molecule has 0 spiro atoms. The fraction of sp³-hybridized carbons (Fsp3) is 0.312. The van der Waals surface area contributed by atoms with Crippen molar-refractivity contribution in [1.82, 2.24) is 20.3 Å². The summed E-state index contributed by atoms with van der Waals surface area (Å²) in [7, 11) is 0. The van der Waals surface area contributed by atoms with Crippen LogP contribution in [0.2, 0.25) is 0 Å². The maximum atomic E-state index is 12.4. The molecule has 24 heavy (non-hydrogen) atoms. The number of aliphatic hydroxyl groups is 1. The summed E-state index contributed by atoms with van der Waals surface area (Å²) in [5.74, 6) is -0.258. The van der Waals surface area contributed by atoms with Gasteiger partial charge in [-0.25, -0.2) is 4.68 Å². The number of rotatable bonds is 7. The molecule has 3 aromatic rings. The van der Waals surface area contributed by atoms with Crippen LogP contribution in [-0.2, 0) is 6.54 Å². The summed E-state index contributed by atoms with van der Waals surface area (Å²) in [5, 5.41) is 26.8. The minimum atomic E-state index is -0.664. The molecule has 2 unspecified atom stereocenters. The zero-order valence-electron chi connectivity index (χ0n) is 13.1. The van der Waals surface area contributed by atoms with Crippen molar-refractivity contribution >= 4 is 28.6 Å². The van der Waals surface area contributed by atoms with Gasteiger partial charge in [-0.05, 0) is 40.3 Å². The highest BCUT2D eigenvalue weighted by Crippen LogP contribution is 2.22. The van der Waals surface area contributed by atoms with Crippen molar-refractivity contribution in [3.63, 3.8) is 0 Å². The highest BCUT2D eigenvalue weighted by atomic mass is 32.1. The molecule has 0 fully saturated rings. The first-order valence-electron chi connectivity index (χ1n) is 7.62. The van der Waals surface area contributed by atoms with Gasteiger partial charge in [0, 0.05) is 4.88 Å². The van der Waals surface area contributed by atoms with Crippen LogP contribution in [0, 0.1) is 0 Å². The van der Waals surface area contributed by atoms with E-state index in [0.717, 1.165) is 16.9 Å². The van der Waals surface area contributed by atoms with Gasteiger partial charge in [0.25, 0.3) is 5.91 Å². The van der Waals surface area contributed by atoms with Crippen molar-refractivity contribution in [2.75, 3.05) is 0 Å². The third kappa shape index (κ3) is 3.89. The molecule has 2 atom stereocenters. The van der Waals surface area contributed by atoms with Crippen LogP contribution in [0.25, 0.3) is 0 Å². The van der Waals surface area contributed by atoms with Gasteiger partial charge in [0.05, 0.1) is 24.9 Å². The smallest absolute Gasteiger partial charge is 0.273 e. The average Bonchev–Trinajstić information content (AvgIpc) is 3.33. The van der Waals surface area contributed by atoms with Crippen molar-refractivity contribution in [2.24, 2.45) is 0 Å². The highest BCUT2D eigenvalue weighted by molar-refractivity contribution is 7.10. The fourth-order valence-electron chi connectivity index (χ4n) is 2.33. The van der Waals surface area contributed by atoms with Crippen LogP contribution in [0.1, 0.15) is 46.4 Å². The molecule has 3 heterocycles. The summed E-state index contributed by atoms with van der Waals surface area (Å²) in [6, 6.07) is 5.82. The fourth-order valence-corrected chi connectivity index (χ4v) is 3.90. The molecule has 0 aromatic carbocycles. The Labute approximate surface area is 147 Å². The number of aliphatic hydroxyl groups excluding tert-OH is 1. The van der Waals surface area contributed by atoms with E-state index in [2.05, 4.69) is 15.6 Å². The lowest BCUT2D eigenvalue weighted by Crippen LogP contribution is -2.27. The lowest BCUT2D eigenvalue weighted by Gasteiger charge is -2.14. The summed E-state index contributed by atoms with van der Waals surface area (Å²) in [6.45, 7) is 2.29. The molecule has 8 heteroatoms. The Morgan fingerprint density at radius 3 is 2.96 bits per heavy atom. The lowest BCUT2D eigenvalue weighted by molar-refractivity contribution is 0.0931. The lowest BCUT2D eigenvalue weighted by atomic mass is 10.2. The maximum absolute atomic E-state index is 12.4. The summed E-state index contributed by atoms with van der Waals surface area (Å²) in [5.41, 5.74) is 1.09.